The molecule has 1 aliphatic rings. The maximum Gasteiger partial charge on any atom is 0.312 e. The van der Waals surface area contributed by atoms with E-state index in [0.717, 1.165) is 28.3 Å². The highest BCUT2D eigenvalue weighted by atomic mass is 16.5. The lowest BCUT2D eigenvalue weighted by Gasteiger charge is -2.26. The van der Waals surface area contributed by atoms with Gasteiger partial charge in [0.1, 0.15) is 12.6 Å². The molecule has 0 bridgehead atoms. The molecule has 2 rings (SSSR count). The molecule has 0 aromatic heterocycles. The van der Waals surface area contributed by atoms with Crippen LogP contribution < -0.4 is 27.0 Å². The number of rotatable bonds is 16. The van der Waals surface area contributed by atoms with Crippen molar-refractivity contribution in [2.24, 2.45) is 17.1 Å². The molecular weight excluding hydrogens is 556 g/mol. The van der Waals surface area contributed by atoms with Gasteiger partial charge in [0, 0.05) is 49.9 Å². The lowest BCUT2D eigenvalue weighted by atomic mass is 9.97. The SMILES string of the molecule is CC(C)[C@H](NC(=O)CCN1C(=O)C=CC1=O)C(=O)N[C@@H](CCCNC(N)=O)CNc1ccc(COC(=O)C(C)(C)C)cc1. The zero-order valence-electron chi connectivity index (χ0n) is 25.5. The molecule has 2 atom stereocenters. The first-order valence-corrected chi connectivity index (χ1v) is 14.3. The van der Waals surface area contributed by atoms with Crippen LogP contribution >= 0.6 is 0 Å². The predicted octanol–water partition coefficient (Wildman–Crippen LogP) is 1.58. The van der Waals surface area contributed by atoms with E-state index in [9.17, 15) is 28.8 Å². The summed E-state index contributed by atoms with van der Waals surface area (Å²) in [5, 5.41) is 11.5. The number of urea groups is 1. The summed E-state index contributed by atoms with van der Waals surface area (Å²) < 4.78 is 5.36. The van der Waals surface area contributed by atoms with Crippen molar-refractivity contribution in [2.45, 2.75) is 72.6 Å². The maximum absolute atomic E-state index is 13.3. The van der Waals surface area contributed by atoms with E-state index < -0.39 is 35.2 Å². The van der Waals surface area contributed by atoms with E-state index >= 15 is 0 Å². The fourth-order valence-electron chi connectivity index (χ4n) is 4.05. The molecule has 13 heteroatoms. The lowest BCUT2D eigenvalue weighted by molar-refractivity contribution is -0.154. The number of carbonyl (C=O) groups is 6. The van der Waals surface area contributed by atoms with Gasteiger partial charge in [-0.3, -0.25) is 28.9 Å². The maximum atomic E-state index is 13.3. The first kappa shape index (κ1) is 34.8. The largest absolute Gasteiger partial charge is 0.460 e. The van der Waals surface area contributed by atoms with E-state index in [0.29, 0.717) is 25.9 Å². The third-order valence-corrected chi connectivity index (χ3v) is 6.59. The van der Waals surface area contributed by atoms with Crippen molar-refractivity contribution >= 4 is 41.3 Å². The second-order valence-corrected chi connectivity index (χ2v) is 11.7. The van der Waals surface area contributed by atoms with Crippen LogP contribution in [0.5, 0.6) is 0 Å². The number of nitrogens with two attached hydrogens (primary N) is 1. The Morgan fingerprint density at radius 1 is 0.977 bits per heavy atom. The molecule has 13 nitrogen and oxygen atoms in total. The van der Waals surface area contributed by atoms with E-state index in [1.54, 1.807) is 34.6 Å². The highest BCUT2D eigenvalue weighted by molar-refractivity contribution is 6.13. The number of ether oxygens (including phenoxy) is 1. The number of primary amides is 1. The minimum atomic E-state index is -0.850. The molecule has 0 saturated carbocycles. The number of imide groups is 1. The summed E-state index contributed by atoms with van der Waals surface area (Å²) in [6.45, 7) is 9.73. The van der Waals surface area contributed by atoms with Crippen molar-refractivity contribution in [3.8, 4) is 0 Å². The Morgan fingerprint density at radius 2 is 1.60 bits per heavy atom. The van der Waals surface area contributed by atoms with Gasteiger partial charge in [0.05, 0.1) is 5.41 Å². The van der Waals surface area contributed by atoms with Crippen molar-refractivity contribution in [3.05, 3.63) is 42.0 Å². The van der Waals surface area contributed by atoms with Crippen LogP contribution in [-0.2, 0) is 35.3 Å². The molecule has 1 aromatic carbocycles. The minimum absolute atomic E-state index is 0.0832. The standard InChI is InChI=1S/C30H44N6O7/c1-19(2)26(35-23(37)14-16-36-24(38)12-13-25(36)39)27(40)34-22(7-6-15-32-29(31)42)17-33-21-10-8-20(9-11-21)18-43-28(41)30(3,4)5/h8-13,19,22,26,33H,6-7,14-18H2,1-5H3,(H,34,40)(H,35,37)(H3,31,32,42)/t22-,26-/m0/s1. The number of esters is 1. The second-order valence-electron chi connectivity index (χ2n) is 11.7. The van der Waals surface area contributed by atoms with Gasteiger partial charge in [-0.05, 0) is 57.2 Å². The van der Waals surface area contributed by atoms with Gasteiger partial charge in [-0.1, -0.05) is 26.0 Å². The Kier molecular flexibility index (Phi) is 13.2. The zero-order chi connectivity index (χ0) is 32.2. The van der Waals surface area contributed by atoms with Crippen molar-refractivity contribution in [3.63, 3.8) is 0 Å². The predicted molar refractivity (Wildman–Crippen MR) is 160 cm³/mol. The van der Waals surface area contributed by atoms with Gasteiger partial charge in [-0.25, -0.2) is 4.79 Å². The number of benzene rings is 1. The molecule has 0 spiro atoms. The quantitative estimate of drug-likeness (QED) is 0.107. The smallest absolute Gasteiger partial charge is 0.312 e. The van der Waals surface area contributed by atoms with Crippen LogP contribution in [0.3, 0.4) is 0 Å². The third kappa shape index (κ3) is 12.1. The van der Waals surface area contributed by atoms with Gasteiger partial charge in [-0.2, -0.15) is 0 Å². The fraction of sp³-hybridized carbons (Fsp3) is 0.533. The molecule has 0 saturated heterocycles. The van der Waals surface area contributed by atoms with E-state index in [-0.39, 0.29) is 43.4 Å². The van der Waals surface area contributed by atoms with Crippen LogP contribution in [0.15, 0.2) is 36.4 Å². The first-order valence-electron chi connectivity index (χ1n) is 14.3. The molecule has 0 fully saturated rings. The fourth-order valence-corrected chi connectivity index (χ4v) is 4.05. The molecule has 1 heterocycles. The van der Waals surface area contributed by atoms with Gasteiger partial charge in [0.15, 0.2) is 0 Å². The summed E-state index contributed by atoms with van der Waals surface area (Å²) in [4.78, 5) is 73.4. The topological polar surface area (TPSA) is 189 Å². The molecule has 0 aliphatic carbocycles. The number of hydrogen-bond donors (Lipinski definition) is 5. The summed E-state index contributed by atoms with van der Waals surface area (Å²) in [5.74, 6) is -2.33. The van der Waals surface area contributed by atoms with Crippen LogP contribution in [0, 0.1) is 11.3 Å². The first-order chi connectivity index (χ1) is 20.2. The Morgan fingerprint density at radius 3 is 2.16 bits per heavy atom. The summed E-state index contributed by atoms with van der Waals surface area (Å²) in [5.41, 5.74) is 6.18. The molecule has 236 valence electrons. The number of nitrogens with one attached hydrogen (secondary N) is 4. The van der Waals surface area contributed by atoms with E-state index in [1.165, 1.54) is 0 Å². The van der Waals surface area contributed by atoms with Gasteiger partial charge in [-0.15, -0.1) is 0 Å². The Balaban J connectivity index is 1.97. The number of nitrogens with zero attached hydrogens (tertiary/aromatic N) is 1. The van der Waals surface area contributed by atoms with Crippen molar-refractivity contribution < 1.29 is 33.5 Å². The van der Waals surface area contributed by atoms with Crippen LogP contribution in [-0.4, -0.2) is 72.2 Å². The molecule has 0 unspecified atom stereocenters. The van der Waals surface area contributed by atoms with Crippen LogP contribution in [0.25, 0.3) is 0 Å². The molecule has 0 radical (unpaired) electrons. The number of amides is 6. The molecule has 6 amide bonds. The number of anilines is 1. The van der Waals surface area contributed by atoms with Crippen LogP contribution in [0.4, 0.5) is 10.5 Å². The van der Waals surface area contributed by atoms with Gasteiger partial charge >= 0.3 is 12.0 Å². The van der Waals surface area contributed by atoms with Crippen LogP contribution in [0.2, 0.25) is 0 Å². The minimum Gasteiger partial charge on any atom is -0.460 e. The third-order valence-electron chi connectivity index (χ3n) is 6.59. The highest BCUT2D eigenvalue weighted by Crippen LogP contribution is 2.17. The molecule has 1 aromatic rings. The van der Waals surface area contributed by atoms with E-state index in [4.69, 9.17) is 10.5 Å². The normalized spacial score (nSPS) is 14.3. The lowest BCUT2D eigenvalue weighted by Crippen LogP contribution is -2.53. The molecule has 6 N–H and O–H groups in total. The van der Waals surface area contributed by atoms with Crippen molar-refractivity contribution in [1.29, 1.82) is 0 Å². The van der Waals surface area contributed by atoms with Gasteiger partial charge < -0.3 is 31.7 Å². The summed E-state index contributed by atoms with van der Waals surface area (Å²) in [6, 6.07) is 5.52. The molecular formula is C30H44N6O7. The Bertz CT molecular complexity index is 1170. The van der Waals surface area contributed by atoms with Gasteiger partial charge in [0.2, 0.25) is 11.8 Å². The summed E-state index contributed by atoms with van der Waals surface area (Å²) in [6.07, 6.45) is 3.21. The molecule has 43 heavy (non-hydrogen) atoms. The monoisotopic (exact) mass is 600 g/mol. The molecule has 1 aliphatic heterocycles. The van der Waals surface area contributed by atoms with Gasteiger partial charge in [0.25, 0.3) is 11.8 Å². The van der Waals surface area contributed by atoms with E-state index in [1.807, 2.05) is 24.3 Å². The Hall–Kier alpha value is -4.42. The second kappa shape index (κ2) is 16.3. The average molecular weight is 601 g/mol. The van der Waals surface area contributed by atoms with Crippen molar-refractivity contribution in [1.82, 2.24) is 20.9 Å². The number of hydrogen-bond acceptors (Lipinski definition) is 8. The van der Waals surface area contributed by atoms with Crippen LogP contribution in [0.1, 0.15) is 59.4 Å². The van der Waals surface area contributed by atoms with Crippen molar-refractivity contribution in [2.75, 3.05) is 25.0 Å². The highest BCUT2D eigenvalue weighted by Gasteiger charge is 2.28. The summed E-state index contributed by atoms with van der Waals surface area (Å²) in [7, 11) is 0. The number of carbonyl (C=O) groups excluding carboxylic acids is 6. The average Bonchev–Trinajstić information content (AvgIpc) is 3.26. The summed E-state index contributed by atoms with van der Waals surface area (Å²) >= 11 is 0. The van der Waals surface area contributed by atoms with E-state index in [2.05, 4.69) is 21.3 Å². The zero-order valence-corrected chi connectivity index (χ0v) is 25.5. The Labute approximate surface area is 252 Å².